The monoisotopic (exact) mass is 451 g/mol. The van der Waals surface area contributed by atoms with Gasteiger partial charge in [-0.2, -0.15) is 0 Å². The molecule has 1 heterocycles. The molecule has 0 aromatic heterocycles. The summed E-state index contributed by atoms with van der Waals surface area (Å²) in [6.07, 6.45) is 1.66. The minimum atomic E-state index is -3.71. The second-order valence-electron chi connectivity index (χ2n) is 5.84. The zero-order valence-corrected chi connectivity index (χ0v) is 17.5. The highest BCUT2D eigenvalue weighted by Gasteiger charge is 2.45. The van der Waals surface area contributed by atoms with Crippen molar-refractivity contribution in [2.75, 3.05) is 12.4 Å². The fourth-order valence-electron chi connectivity index (χ4n) is 2.35. The van der Waals surface area contributed by atoms with Gasteiger partial charge in [0.15, 0.2) is 9.69 Å². The lowest BCUT2D eigenvalue weighted by atomic mass is 10.3. The normalized spacial score (nSPS) is 20.2. The fourth-order valence-corrected chi connectivity index (χ4v) is 6.06. The van der Waals surface area contributed by atoms with Crippen molar-refractivity contribution in [3.05, 3.63) is 39.3 Å². The molecule has 1 aromatic carbocycles. The SMILES string of the molecule is CN(C1CC1)S(=O)(=O)C1SC=C(NC(=S)Nc2cccc(Cl)c2Cl)C1=O. The molecule has 1 aromatic rings. The van der Waals surface area contributed by atoms with Crippen molar-refractivity contribution in [2.45, 2.75) is 23.5 Å². The third kappa shape index (κ3) is 4.02. The number of hydrogen-bond donors (Lipinski definition) is 2. The number of benzene rings is 1. The number of carbonyl (C=O) groups excluding carboxylic acids is 1. The first-order valence-corrected chi connectivity index (χ1v) is 11.2. The van der Waals surface area contributed by atoms with Crippen molar-refractivity contribution in [2.24, 2.45) is 0 Å². The van der Waals surface area contributed by atoms with Gasteiger partial charge >= 0.3 is 0 Å². The van der Waals surface area contributed by atoms with Crippen molar-refractivity contribution in [3.63, 3.8) is 0 Å². The number of nitrogens with zero attached hydrogens (tertiary/aromatic N) is 1. The Labute approximate surface area is 171 Å². The van der Waals surface area contributed by atoms with Crippen LogP contribution in [0.25, 0.3) is 0 Å². The van der Waals surface area contributed by atoms with Crippen LogP contribution in [0.5, 0.6) is 0 Å². The van der Waals surface area contributed by atoms with Gasteiger partial charge in [-0.1, -0.05) is 29.3 Å². The first kappa shape index (κ1) is 19.9. The summed E-state index contributed by atoms with van der Waals surface area (Å²) in [5.74, 6) is -0.524. The Morgan fingerprint density at radius 1 is 1.31 bits per heavy atom. The third-order valence-corrected chi connectivity index (χ3v) is 8.75. The van der Waals surface area contributed by atoms with Crippen LogP contribution < -0.4 is 10.6 Å². The number of allylic oxidation sites excluding steroid dienone is 1. The van der Waals surface area contributed by atoms with E-state index in [9.17, 15) is 13.2 Å². The zero-order valence-electron chi connectivity index (χ0n) is 13.5. The number of sulfonamides is 1. The highest BCUT2D eigenvalue weighted by atomic mass is 35.5. The molecule has 6 nitrogen and oxygen atoms in total. The molecular weight excluding hydrogens is 437 g/mol. The van der Waals surface area contributed by atoms with E-state index in [1.807, 2.05) is 0 Å². The van der Waals surface area contributed by atoms with Gasteiger partial charge in [0.05, 0.1) is 21.4 Å². The molecule has 3 rings (SSSR count). The van der Waals surface area contributed by atoms with Gasteiger partial charge in [0.25, 0.3) is 0 Å². The van der Waals surface area contributed by atoms with Gasteiger partial charge in [0, 0.05) is 18.5 Å². The Hall–Kier alpha value is -0.840. The van der Waals surface area contributed by atoms with E-state index in [1.54, 1.807) is 18.2 Å². The molecule has 0 bridgehead atoms. The highest BCUT2D eigenvalue weighted by Crippen LogP contribution is 2.36. The van der Waals surface area contributed by atoms with Crippen LogP contribution >= 0.6 is 47.2 Å². The van der Waals surface area contributed by atoms with Gasteiger partial charge in [-0.3, -0.25) is 4.79 Å². The second kappa shape index (κ2) is 7.65. The van der Waals surface area contributed by atoms with E-state index in [0.29, 0.717) is 15.7 Å². The van der Waals surface area contributed by atoms with Crippen LogP contribution in [0.2, 0.25) is 10.0 Å². The van der Waals surface area contributed by atoms with E-state index in [-0.39, 0.29) is 16.9 Å². The van der Waals surface area contributed by atoms with Gasteiger partial charge < -0.3 is 10.6 Å². The molecule has 140 valence electrons. The van der Waals surface area contributed by atoms with Crippen LogP contribution in [-0.2, 0) is 14.8 Å². The molecule has 2 aliphatic rings. The van der Waals surface area contributed by atoms with Crippen LogP contribution in [0.1, 0.15) is 12.8 Å². The van der Waals surface area contributed by atoms with Crippen molar-refractivity contribution in [1.29, 1.82) is 0 Å². The predicted octanol–water partition coefficient (Wildman–Crippen LogP) is 3.19. The summed E-state index contributed by atoms with van der Waals surface area (Å²) in [5.41, 5.74) is 0.608. The van der Waals surface area contributed by atoms with Gasteiger partial charge in [-0.15, -0.1) is 11.8 Å². The Morgan fingerprint density at radius 3 is 2.65 bits per heavy atom. The molecule has 1 saturated carbocycles. The minimum Gasteiger partial charge on any atom is -0.331 e. The maximum atomic E-state index is 12.6. The third-order valence-electron chi connectivity index (χ3n) is 3.97. The largest absolute Gasteiger partial charge is 0.331 e. The Bertz CT molecular complexity index is 901. The second-order valence-corrected chi connectivity index (χ2v) is 10.4. The lowest BCUT2D eigenvalue weighted by Gasteiger charge is -2.20. The van der Waals surface area contributed by atoms with Gasteiger partial charge in [-0.05, 0) is 37.2 Å². The predicted molar refractivity (Wildman–Crippen MR) is 110 cm³/mol. The molecule has 1 unspecified atom stereocenters. The van der Waals surface area contributed by atoms with Crippen LogP contribution in [0.4, 0.5) is 5.69 Å². The van der Waals surface area contributed by atoms with E-state index in [2.05, 4.69) is 10.6 Å². The summed E-state index contributed by atoms with van der Waals surface area (Å²) in [7, 11) is -2.20. The van der Waals surface area contributed by atoms with E-state index in [4.69, 9.17) is 35.4 Å². The Kier molecular flexibility index (Phi) is 5.86. The molecule has 1 aliphatic heterocycles. The fraction of sp³-hybridized carbons (Fsp3) is 0.333. The molecule has 11 heteroatoms. The molecule has 0 spiro atoms. The van der Waals surface area contributed by atoms with Crippen molar-refractivity contribution >= 4 is 73.8 Å². The summed E-state index contributed by atoms with van der Waals surface area (Å²) in [4.78, 5) is 12.5. The maximum absolute atomic E-state index is 12.6. The summed E-state index contributed by atoms with van der Waals surface area (Å²) in [6.45, 7) is 0. The number of thioether (sulfide) groups is 1. The Morgan fingerprint density at radius 2 is 2.00 bits per heavy atom. The number of halogens is 2. The zero-order chi connectivity index (χ0) is 19.1. The van der Waals surface area contributed by atoms with Gasteiger partial charge in [0.1, 0.15) is 0 Å². The average Bonchev–Trinajstić information content (AvgIpc) is 3.36. The quantitative estimate of drug-likeness (QED) is 0.665. The lowest BCUT2D eigenvalue weighted by Crippen LogP contribution is -2.41. The molecule has 1 aliphatic carbocycles. The molecule has 26 heavy (non-hydrogen) atoms. The molecule has 1 atom stereocenters. The molecule has 2 N–H and O–H groups in total. The number of nitrogens with one attached hydrogen (secondary N) is 2. The maximum Gasteiger partial charge on any atom is 0.234 e. The summed E-state index contributed by atoms with van der Waals surface area (Å²) < 4.78 is 25.2. The van der Waals surface area contributed by atoms with E-state index < -0.39 is 20.4 Å². The smallest absolute Gasteiger partial charge is 0.234 e. The summed E-state index contributed by atoms with van der Waals surface area (Å²) in [6, 6.07) is 5.01. The number of carbonyl (C=O) groups is 1. The molecule has 0 radical (unpaired) electrons. The first-order chi connectivity index (χ1) is 12.2. The van der Waals surface area contributed by atoms with Crippen LogP contribution in [0.15, 0.2) is 29.3 Å². The average molecular weight is 452 g/mol. The Balaban J connectivity index is 1.65. The van der Waals surface area contributed by atoms with Crippen molar-refractivity contribution in [3.8, 4) is 0 Å². The number of hydrogen-bond acceptors (Lipinski definition) is 5. The first-order valence-electron chi connectivity index (χ1n) is 7.60. The number of Topliss-reactive ketones (excluding diaryl/α,β-unsaturated/α-hetero) is 1. The van der Waals surface area contributed by atoms with E-state index in [0.717, 1.165) is 24.6 Å². The summed E-state index contributed by atoms with van der Waals surface area (Å²) >= 11 is 18.2. The topological polar surface area (TPSA) is 78.5 Å². The van der Waals surface area contributed by atoms with Crippen molar-refractivity contribution in [1.82, 2.24) is 9.62 Å². The molecule has 1 fully saturated rings. The number of rotatable bonds is 5. The van der Waals surface area contributed by atoms with E-state index in [1.165, 1.54) is 16.8 Å². The van der Waals surface area contributed by atoms with Crippen molar-refractivity contribution < 1.29 is 13.2 Å². The number of anilines is 1. The lowest BCUT2D eigenvalue weighted by molar-refractivity contribution is -0.113. The van der Waals surface area contributed by atoms with Crippen LogP contribution in [-0.4, -0.2) is 41.3 Å². The number of ketones is 1. The molecule has 0 amide bonds. The minimum absolute atomic E-state index is 0.00174. The van der Waals surface area contributed by atoms with Gasteiger partial charge in [0.2, 0.25) is 15.8 Å². The van der Waals surface area contributed by atoms with Gasteiger partial charge in [-0.25, -0.2) is 12.7 Å². The molecule has 0 saturated heterocycles. The number of thiocarbonyl (C=S) groups is 1. The summed E-state index contributed by atoms with van der Waals surface area (Å²) in [5, 5.41) is 7.82. The molecular formula is C15H15Cl2N3O3S3. The standard InChI is InChI=1S/C15H15Cl2N3O3S3/c1-20(8-5-6-8)26(22,23)14-13(21)11(7-25-14)19-15(24)18-10-4-2-3-9(16)12(10)17/h2-4,7-8,14H,5-6H2,1H3,(H2,18,19,24). The van der Waals surface area contributed by atoms with E-state index >= 15 is 0 Å². The van der Waals surface area contributed by atoms with Crippen LogP contribution in [0.3, 0.4) is 0 Å². The highest BCUT2D eigenvalue weighted by molar-refractivity contribution is 8.16. The van der Waals surface area contributed by atoms with Crippen LogP contribution in [0, 0.1) is 0 Å².